The van der Waals surface area contributed by atoms with Gasteiger partial charge < -0.3 is 15.4 Å². The van der Waals surface area contributed by atoms with Gasteiger partial charge in [0.05, 0.1) is 19.2 Å². The van der Waals surface area contributed by atoms with Gasteiger partial charge in [0.25, 0.3) is 0 Å². The van der Waals surface area contributed by atoms with E-state index in [1.807, 2.05) is 42.2 Å². The van der Waals surface area contributed by atoms with E-state index < -0.39 is 0 Å². The summed E-state index contributed by atoms with van der Waals surface area (Å²) in [4.78, 5) is 13.9. The molecule has 1 heterocycles. The Morgan fingerprint density at radius 3 is 2.89 bits per heavy atom. The number of benzene rings is 1. The molecule has 0 radical (unpaired) electrons. The first-order valence-corrected chi connectivity index (χ1v) is 6.43. The van der Waals surface area contributed by atoms with Gasteiger partial charge in [-0.05, 0) is 12.0 Å². The van der Waals surface area contributed by atoms with Crippen molar-refractivity contribution in [1.29, 1.82) is 0 Å². The smallest absolute Gasteiger partial charge is 0.239 e. The third-order valence-electron chi connectivity index (χ3n) is 3.31. The van der Waals surface area contributed by atoms with Crippen LogP contribution in [0.3, 0.4) is 0 Å². The summed E-state index contributed by atoms with van der Waals surface area (Å²) in [6.07, 6.45) is 0.639. The Hall–Kier alpha value is -1.39. The maximum atomic E-state index is 12.1. The van der Waals surface area contributed by atoms with Crippen LogP contribution in [0.4, 0.5) is 0 Å². The van der Waals surface area contributed by atoms with Crippen molar-refractivity contribution >= 4 is 5.91 Å². The number of carbonyl (C=O) groups excluding carboxylic acids is 1. The first-order chi connectivity index (χ1) is 8.72. The Morgan fingerprint density at radius 1 is 1.50 bits per heavy atom. The van der Waals surface area contributed by atoms with Crippen molar-refractivity contribution in [3.05, 3.63) is 35.9 Å². The minimum atomic E-state index is -0.389. The normalized spacial score (nSPS) is 21.7. The van der Waals surface area contributed by atoms with E-state index in [1.165, 1.54) is 0 Å². The first-order valence-electron chi connectivity index (χ1n) is 6.43. The average Bonchev–Trinajstić information content (AvgIpc) is 2.46. The summed E-state index contributed by atoms with van der Waals surface area (Å²) in [6, 6.07) is 9.60. The number of ether oxygens (including phenoxy) is 1. The van der Waals surface area contributed by atoms with Crippen molar-refractivity contribution in [2.45, 2.75) is 25.5 Å². The fraction of sp³-hybridized carbons (Fsp3) is 0.500. The van der Waals surface area contributed by atoms with E-state index in [2.05, 4.69) is 0 Å². The Labute approximate surface area is 108 Å². The number of hydrogen-bond donors (Lipinski definition) is 1. The second kappa shape index (κ2) is 5.98. The largest absolute Gasteiger partial charge is 0.370 e. The fourth-order valence-electron chi connectivity index (χ4n) is 2.13. The second-order valence-electron chi connectivity index (χ2n) is 4.57. The van der Waals surface area contributed by atoms with Gasteiger partial charge in [-0.3, -0.25) is 4.79 Å². The number of hydrogen-bond acceptors (Lipinski definition) is 3. The number of nitrogens with zero attached hydrogens (tertiary/aromatic N) is 1. The van der Waals surface area contributed by atoms with Crippen LogP contribution in [0.15, 0.2) is 30.3 Å². The highest BCUT2D eigenvalue weighted by molar-refractivity contribution is 5.81. The molecule has 4 nitrogen and oxygen atoms in total. The first kappa shape index (κ1) is 13.1. The molecule has 1 aromatic carbocycles. The highest BCUT2D eigenvalue weighted by atomic mass is 16.5. The Bertz CT molecular complexity index is 394. The van der Waals surface area contributed by atoms with Gasteiger partial charge in [0.2, 0.25) is 5.91 Å². The van der Waals surface area contributed by atoms with E-state index >= 15 is 0 Å². The van der Waals surface area contributed by atoms with E-state index in [9.17, 15) is 4.79 Å². The molecule has 98 valence electrons. The lowest BCUT2D eigenvalue weighted by Gasteiger charge is -2.34. The Morgan fingerprint density at radius 2 is 2.22 bits per heavy atom. The van der Waals surface area contributed by atoms with Crippen LogP contribution in [0, 0.1) is 0 Å². The van der Waals surface area contributed by atoms with Crippen LogP contribution in [-0.2, 0) is 9.53 Å². The molecule has 0 aliphatic carbocycles. The molecule has 2 N–H and O–H groups in total. The van der Waals surface area contributed by atoms with Crippen LogP contribution in [0.5, 0.6) is 0 Å². The van der Waals surface area contributed by atoms with Crippen LogP contribution in [0.2, 0.25) is 0 Å². The minimum Gasteiger partial charge on any atom is -0.370 e. The van der Waals surface area contributed by atoms with E-state index in [0.717, 1.165) is 5.56 Å². The third-order valence-corrected chi connectivity index (χ3v) is 3.31. The van der Waals surface area contributed by atoms with Crippen LogP contribution in [0.1, 0.15) is 25.0 Å². The predicted molar refractivity (Wildman–Crippen MR) is 70.0 cm³/mol. The van der Waals surface area contributed by atoms with Gasteiger partial charge >= 0.3 is 0 Å². The summed E-state index contributed by atoms with van der Waals surface area (Å²) in [5.74, 6) is 0.0294. The number of carbonyl (C=O) groups is 1. The maximum absolute atomic E-state index is 12.1. The molecule has 2 rings (SSSR count). The topological polar surface area (TPSA) is 55.6 Å². The summed E-state index contributed by atoms with van der Waals surface area (Å²) in [5.41, 5.74) is 6.91. The van der Waals surface area contributed by atoms with E-state index in [4.69, 9.17) is 10.5 Å². The zero-order chi connectivity index (χ0) is 13.0. The SMILES string of the molecule is CC[C@H](N)C(=O)N1CCO[C@@H](c2ccccc2)C1. The number of rotatable bonds is 3. The molecule has 0 unspecified atom stereocenters. The van der Waals surface area contributed by atoms with Crippen molar-refractivity contribution in [2.24, 2.45) is 5.73 Å². The van der Waals surface area contributed by atoms with Crippen molar-refractivity contribution < 1.29 is 9.53 Å². The van der Waals surface area contributed by atoms with E-state index in [0.29, 0.717) is 26.1 Å². The molecule has 1 fully saturated rings. The molecule has 1 saturated heterocycles. The van der Waals surface area contributed by atoms with Gasteiger partial charge in [-0.2, -0.15) is 0 Å². The molecule has 4 heteroatoms. The predicted octanol–water partition coefficient (Wildman–Crippen LogP) is 1.32. The summed E-state index contributed by atoms with van der Waals surface area (Å²) >= 11 is 0. The van der Waals surface area contributed by atoms with Crippen molar-refractivity contribution in [1.82, 2.24) is 4.90 Å². The van der Waals surface area contributed by atoms with Crippen molar-refractivity contribution in [2.75, 3.05) is 19.7 Å². The van der Waals surface area contributed by atoms with Crippen LogP contribution in [0.25, 0.3) is 0 Å². The molecule has 1 aliphatic heterocycles. The van der Waals surface area contributed by atoms with Gasteiger partial charge in [0.1, 0.15) is 6.10 Å². The summed E-state index contributed by atoms with van der Waals surface area (Å²) < 4.78 is 5.72. The molecular weight excluding hydrogens is 228 g/mol. The fourth-order valence-corrected chi connectivity index (χ4v) is 2.13. The molecule has 0 aromatic heterocycles. The van der Waals surface area contributed by atoms with E-state index in [-0.39, 0.29) is 18.1 Å². The number of amides is 1. The lowest BCUT2D eigenvalue weighted by atomic mass is 10.1. The highest BCUT2D eigenvalue weighted by Crippen LogP contribution is 2.22. The highest BCUT2D eigenvalue weighted by Gasteiger charge is 2.27. The lowest BCUT2D eigenvalue weighted by Crippen LogP contribution is -2.49. The lowest BCUT2D eigenvalue weighted by molar-refractivity contribution is -0.140. The van der Waals surface area contributed by atoms with Crippen LogP contribution < -0.4 is 5.73 Å². The molecule has 1 amide bonds. The Kier molecular flexibility index (Phi) is 4.33. The average molecular weight is 248 g/mol. The number of nitrogens with two attached hydrogens (primary N) is 1. The van der Waals surface area contributed by atoms with Crippen LogP contribution >= 0.6 is 0 Å². The molecule has 0 bridgehead atoms. The molecule has 1 aliphatic rings. The van der Waals surface area contributed by atoms with Gasteiger partial charge in [-0.1, -0.05) is 37.3 Å². The monoisotopic (exact) mass is 248 g/mol. The van der Waals surface area contributed by atoms with Gasteiger partial charge in [-0.15, -0.1) is 0 Å². The van der Waals surface area contributed by atoms with Crippen molar-refractivity contribution in [3.8, 4) is 0 Å². The molecule has 18 heavy (non-hydrogen) atoms. The molecule has 0 spiro atoms. The minimum absolute atomic E-state index is 0.0294. The van der Waals surface area contributed by atoms with Gasteiger partial charge in [0, 0.05) is 6.54 Å². The third kappa shape index (κ3) is 2.89. The standard InChI is InChI=1S/C14H20N2O2/c1-2-12(15)14(17)16-8-9-18-13(10-16)11-6-4-3-5-7-11/h3-7,12-13H,2,8-10,15H2,1H3/t12-,13+/m0/s1. The molecule has 0 saturated carbocycles. The zero-order valence-corrected chi connectivity index (χ0v) is 10.7. The second-order valence-corrected chi connectivity index (χ2v) is 4.57. The summed E-state index contributed by atoms with van der Waals surface area (Å²) in [6.45, 7) is 3.73. The van der Waals surface area contributed by atoms with Gasteiger partial charge in [-0.25, -0.2) is 0 Å². The van der Waals surface area contributed by atoms with E-state index in [1.54, 1.807) is 0 Å². The maximum Gasteiger partial charge on any atom is 0.239 e. The number of morpholine rings is 1. The van der Waals surface area contributed by atoms with Crippen molar-refractivity contribution in [3.63, 3.8) is 0 Å². The summed E-state index contributed by atoms with van der Waals surface area (Å²) in [7, 11) is 0. The molecular formula is C14H20N2O2. The molecule has 2 atom stereocenters. The quantitative estimate of drug-likeness (QED) is 0.878. The molecule has 1 aromatic rings. The van der Waals surface area contributed by atoms with Gasteiger partial charge in [0.15, 0.2) is 0 Å². The van der Waals surface area contributed by atoms with Crippen LogP contribution in [-0.4, -0.2) is 36.5 Å². The Balaban J connectivity index is 2.03. The summed E-state index contributed by atoms with van der Waals surface area (Å²) in [5, 5.41) is 0. The zero-order valence-electron chi connectivity index (χ0n) is 10.7.